The minimum absolute atomic E-state index is 0.658. The van der Waals surface area contributed by atoms with Gasteiger partial charge in [0.05, 0.1) is 5.60 Å². The molecule has 1 heteroatoms. The minimum Gasteiger partial charge on any atom is -0.386 e. The molecule has 0 saturated heterocycles. The van der Waals surface area contributed by atoms with Gasteiger partial charge in [-0.3, -0.25) is 0 Å². The Morgan fingerprint density at radius 2 is 2.11 bits per heavy atom. The maximum absolute atomic E-state index is 9.14. The number of unbranched alkanes of at least 4 members (excludes halogenated alkanes) is 1. The van der Waals surface area contributed by atoms with Crippen molar-refractivity contribution in [3.05, 3.63) is 19.1 Å². The summed E-state index contributed by atoms with van der Waals surface area (Å²) in [6.45, 7) is 7.19. The molecule has 0 aliphatic heterocycles. The van der Waals surface area contributed by atoms with Gasteiger partial charge in [-0.1, -0.05) is 19.1 Å². The molecule has 0 atom stereocenters. The quantitative estimate of drug-likeness (QED) is 0.574. The molecule has 0 aromatic rings. The van der Waals surface area contributed by atoms with E-state index in [0.717, 1.165) is 12.8 Å². The van der Waals surface area contributed by atoms with Gasteiger partial charge >= 0.3 is 0 Å². The van der Waals surface area contributed by atoms with Crippen LogP contribution < -0.4 is 0 Å². The van der Waals surface area contributed by atoms with Crippen molar-refractivity contribution in [3.63, 3.8) is 0 Å². The summed E-state index contributed by atoms with van der Waals surface area (Å²) >= 11 is 0. The van der Waals surface area contributed by atoms with E-state index in [9.17, 15) is 0 Å². The van der Waals surface area contributed by atoms with E-state index in [4.69, 9.17) is 5.11 Å². The van der Waals surface area contributed by atoms with Gasteiger partial charge < -0.3 is 5.11 Å². The van der Waals surface area contributed by atoms with Crippen molar-refractivity contribution in [2.24, 2.45) is 0 Å². The highest BCUT2D eigenvalue weighted by molar-refractivity contribution is 4.94. The third kappa shape index (κ3) is 7.70. The van der Waals surface area contributed by atoms with Crippen molar-refractivity contribution < 1.29 is 5.11 Å². The molecule has 1 nitrogen and oxygen atoms in total. The van der Waals surface area contributed by atoms with Crippen LogP contribution in [0, 0.1) is 6.92 Å². The van der Waals surface area contributed by atoms with Gasteiger partial charge in [0, 0.05) is 0 Å². The molecule has 0 rings (SSSR count). The Morgan fingerprint density at radius 1 is 1.56 bits per heavy atom. The topological polar surface area (TPSA) is 20.2 Å². The smallest absolute Gasteiger partial charge is 0.0771 e. The van der Waals surface area contributed by atoms with Crippen LogP contribution in [0.3, 0.4) is 0 Å². The van der Waals surface area contributed by atoms with Gasteiger partial charge in [0.2, 0.25) is 0 Å². The molecule has 1 radical (unpaired) electrons. The van der Waals surface area contributed by atoms with E-state index in [0.29, 0.717) is 0 Å². The Labute approximate surface area is 57.4 Å². The average molecular weight is 127 g/mol. The zero-order valence-corrected chi connectivity index (χ0v) is 6.22. The van der Waals surface area contributed by atoms with Crippen molar-refractivity contribution in [1.29, 1.82) is 0 Å². The molecular formula is C8H15O. The molecule has 0 saturated carbocycles. The van der Waals surface area contributed by atoms with Gasteiger partial charge in [0.1, 0.15) is 0 Å². The normalized spacial score (nSPS) is 12.9. The predicted molar refractivity (Wildman–Crippen MR) is 40.0 cm³/mol. The van der Waals surface area contributed by atoms with E-state index < -0.39 is 5.60 Å². The maximum Gasteiger partial charge on any atom is 0.0771 e. The van der Waals surface area contributed by atoms with Crippen molar-refractivity contribution in [2.45, 2.75) is 32.3 Å². The van der Waals surface area contributed by atoms with Crippen LogP contribution in [0.2, 0.25) is 0 Å². The molecule has 0 spiro atoms. The van der Waals surface area contributed by atoms with Gasteiger partial charge in [0.25, 0.3) is 0 Å². The lowest BCUT2D eigenvalue weighted by Crippen LogP contribution is -2.13. The number of hydrogen-bond acceptors (Lipinski definition) is 1. The lowest BCUT2D eigenvalue weighted by Gasteiger charge is -2.09. The number of rotatable bonds is 3. The summed E-state index contributed by atoms with van der Waals surface area (Å²) in [5, 5.41) is 9.14. The van der Waals surface area contributed by atoms with Crippen molar-refractivity contribution in [2.75, 3.05) is 0 Å². The van der Waals surface area contributed by atoms with Gasteiger partial charge in [0.15, 0.2) is 0 Å². The first-order chi connectivity index (χ1) is 4.06. The highest BCUT2D eigenvalue weighted by Gasteiger charge is 2.04. The molecule has 0 aliphatic rings. The van der Waals surface area contributed by atoms with Crippen molar-refractivity contribution in [3.8, 4) is 0 Å². The van der Waals surface area contributed by atoms with Crippen molar-refractivity contribution in [1.82, 2.24) is 0 Å². The molecule has 0 aromatic carbocycles. The summed E-state index contributed by atoms with van der Waals surface area (Å²) < 4.78 is 0. The lowest BCUT2D eigenvalue weighted by atomic mass is 10.1. The van der Waals surface area contributed by atoms with E-state index in [1.165, 1.54) is 0 Å². The van der Waals surface area contributed by atoms with Gasteiger partial charge in [-0.25, -0.2) is 0 Å². The SMILES string of the molecule is [CH2]CC/C=C/C(C)(C)O. The van der Waals surface area contributed by atoms with Crippen LogP contribution in [0.4, 0.5) is 0 Å². The van der Waals surface area contributed by atoms with Crippen LogP contribution in [0.1, 0.15) is 26.7 Å². The van der Waals surface area contributed by atoms with Gasteiger partial charge in [-0.2, -0.15) is 0 Å². The van der Waals surface area contributed by atoms with Crippen LogP contribution in [0.15, 0.2) is 12.2 Å². The summed E-state index contributed by atoms with van der Waals surface area (Å²) in [5.74, 6) is 0. The molecule has 9 heavy (non-hydrogen) atoms. The summed E-state index contributed by atoms with van der Waals surface area (Å²) in [7, 11) is 0. The zero-order valence-electron chi connectivity index (χ0n) is 6.22. The molecule has 0 amide bonds. The summed E-state index contributed by atoms with van der Waals surface area (Å²) in [6, 6.07) is 0. The summed E-state index contributed by atoms with van der Waals surface area (Å²) in [6.07, 6.45) is 5.59. The second-order valence-electron chi connectivity index (χ2n) is 2.70. The van der Waals surface area contributed by atoms with Crippen LogP contribution in [0.5, 0.6) is 0 Å². The zero-order chi connectivity index (χ0) is 7.33. The van der Waals surface area contributed by atoms with Crippen LogP contribution in [0.25, 0.3) is 0 Å². The first-order valence-corrected chi connectivity index (χ1v) is 3.25. The molecule has 0 fully saturated rings. The standard InChI is InChI=1S/C8H15O/c1-4-5-6-7-8(2,3)9/h6-7,9H,1,4-5H2,2-3H3/b7-6+. The molecule has 0 bridgehead atoms. The lowest BCUT2D eigenvalue weighted by molar-refractivity contribution is 0.133. The maximum atomic E-state index is 9.14. The fraction of sp³-hybridized carbons (Fsp3) is 0.625. The fourth-order valence-electron chi connectivity index (χ4n) is 0.490. The molecule has 0 heterocycles. The predicted octanol–water partition coefficient (Wildman–Crippen LogP) is 1.93. The third-order valence-electron chi connectivity index (χ3n) is 0.897. The Balaban J connectivity index is 3.45. The van der Waals surface area contributed by atoms with Gasteiger partial charge in [-0.15, -0.1) is 0 Å². The fourth-order valence-corrected chi connectivity index (χ4v) is 0.490. The van der Waals surface area contributed by atoms with Crippen LogP contribution >= 0.6 is 0 Å². The Hall–Kier alpha value is -0.300. The molecule has 0 aromatic heterocycles. The van der Waals surface area contributed by atoms with Crippen LogP contribution in [-0.2, 0) is 0 Å². The first-order valence-electron chi connectivity index (χ1n) is 3.25. The number of hydrogen-bond donors (Lipinski definition) is 1. The minimum atomic E-state index is -0.658. The highest BCUT2D eigenvalue weighted by atomic mass is 16.3. The van der Waals surface area contributed by atoms with Gasteiger partial charge in [-0.05, 0) is 26.7 Å². The van der Waals surface area contributed by atoms with Crippen molar-refractivity contribution >= 4 is 0 Å². The number of allylic oxidation sites excluding steroid dienone is 1. The Morgan fingerprint density at radius 3 is 2.44 bits per heavy atom. The second kappa shape index (κ2) is 3.67. The van der Waals surface area contributed by atoms with E-state index in [2.05, 4.69) is 6.92 Å². The highest BCUT2D eigenvalue weighted by Crippen LogP contribution is 2.03. The summed E-state index contributed by atoms with van der Waals surface area (Å²) in [5.41, 5.74) is -0.658. The molecule has 0 unspecified atom stereocenters. The largest absolute Gasteiger partial charge is 0.386 e. The first kappa shape index (κ1) is 8.70. The molecule has 53 valence electrons. The Kier molecular flexibility index (Phi) is 3.55. The Bertz CT molecular complexity index is 87.2. The van der Waals surface area contributed by atoms with E-state index in [-0.39, 0.29) is 0 Å². The van der Waals surface area contributed by atoms with E-state index >= 15 is 0 Å². The van der Waals surface area contributed by atoms with E-state index in [1.807, 2.05) is 6.08 Å². The molecular weight excluding hydrogens is 112 g/mol. The van der Waals surface area contributed by atoms with E-state index in [1.54, 1.807) is 19.9 Å². The third-order valence-corrected chi connectivity index (χ3v) is 0.897. The molecule has 0 aliphatic carbocycles. The van der Waals surface area contributed by atoms with Crippen LogP contribution in [-0.4, -0.2) is 10.7 Å². The monoisotopic (exact) mass is 127 g/mol. The molecule has 1 N–H and O–H groups in total. The number of aliphatic hydroxyl groups is 1. The summed E-state index contributed by atoms with van der Waals surface area (Å²) in [4.78, 5) is 0. The average Bonchev–Trinajstić information content (AvgIpc) is 1.63. The second-order valence-corrected chi connectivity index (χ2v) is 2.70.